The molecule has 0 atom stereocenters. The Morgan fingerprint density at radius 2 is 2.00 bits per heavy atom. The quantitative estimate of drug-likeness (QED) is 0.427. The first-order valence-electron chi connectivity index (χ1n) is 8.83. The second-order valence-corrected chi connectivity index (χ2v) is 7.99. The molecule has 1 saturated heterocycles. The summed E-state index contributed by atoms with van der Waals surface area (Å²) >= 11 is 15.6. The van der Waals surface area contributed by atoms with Crippen LogP contribution >= 0.6 is 39.1 Å². The Morgan fingerprint density at radius 3 is 2.66 bits per heavy atom. The minimum atomic E-state index is -0.287. The number of carbonyl (C=O) groups is 1. The van der Waals surface area contributed by atoms with Crippen molar-refractivity contribution in [2.24, 2.45) is 0 Å². The van der Waals surface area contributed by atoms with E-state index in [1.165, 1.54) is 0 Å². The molecule has 0 N–H and O–H groups in total. The third-order valence-corrected chi connectivity index (χ3v) is 5.52. The van der Waals surface area contributed by atoms with Crippen LogP contribution in [0.5, 0.6) is 5.75 Å². The number of morpholine rings is 1. The standard InChI is InChI=1S/C21H17BrCl2N2O3/c22-18-10-14(9-16(12-25)21(27)26-5-7-28-8-6-26)1-4-20(18)29-13-15-2-3-17(23)11-19(15)24/h1-4,9-11H,5-8,13H2. The number of carbonyl (C=O) groups excluding carboxylic acids is 1. The largest absolute Gasteiger partial charge is 0.488 e. The molecule has 0 radical (unpaired) electrons. The summed E-state index contributed by atoms with van der Waals surface area (Å²) in [7, 11) is 0. The van der Waals surface area contributed by atoms with Gasteiger partial charge in [0.1, 0.15) is 24.0 Å². The molecule has 0 aliphatic carbocycles. The van der Waals surface area contributed by atoms with Crippen molar-refractivity contribution in [2.75, 3.05) is 26.3 Å². The average molecular weight is 496 g/mol. The van der Waals surface area contributed by atoms with E-state index in [0.29, 0.717) is 52.1 Å². The fourth-order valence-corrected chi connectivity index (χ4v) is 3.74. The Balaban J connectivity index is 1.71. The number of rotatable bonds is 5. The summed E-state index contributed by atoms with van der Waals surface area (Å²) in [5.41, 5.74) is 1.61. The summed E-state index contributed by atoms with van der Waals surface area (Å²) in [6, 6.07) is 12.6. The molecule has 1 amide bonds. The highest BCUT2D eigenvalue weighted by molar-refractivity contribution is 9.10. The highest BCUT2D eigenvalue weighted by Gasteiger charge is 2.20. The lowest BCUT2D eigenvalue weighted by Crippen LogP contribution is -2.41. The van der Waals surface area contributed by atoms with Crippen LogP contribution in [0, 0.1) is 11.3 Å². The van der Waals surface area contributed by atoms with Crippen LogP contribution in [0.1, 0.15) is 11.1 Å². The van der Waals surface area contributed by atoms with Gasteiger partial charge in [-0.3, -0.25) is 4.79 Å². The van der Waals surface area contributed by atoms with Crippen molar-refractivity contribution in [3.63, 3.8) is 0 Å². The minimum absolute atomic E-state index is 0.0837. The first kappa shape index (κ1) is 21.7. The molecule has 0 unspecified atom stereocenters. The Hall–Kier alpha value is -2.04. The molecule has 1 fully saturated rings. The number of hydrogen-bond donors (Lipinski definition) is 0. The topological polar surface area (TPSA) is 62.6 Å². The number of amides is 1. The monoisotopic (exact) mass is 494 g/mol. The molecular weight excluding hydrogens is 479 g/mol. The van der Waals surface area contributed by atoms with Gasteiger partial charge in [-0.25, -0.2) is 0 Å². The maximum Gasteiger partial charge on any atom is 0.264 e. The van der Waals surface area contributed by atoms with Gasteiger partial charge in [0.2, 0.25) is 0 Å². The molecule has 0 aromatic heterocycles. The van der Waals surface area contributed by atoms with Crippen molar-refractivity contribution in [2.45, 2.75) is 6.61 Å². The lowest BCUT2D eigenvalue weighted by atomic mass is 10.1. The van der Waals surface area contributed by atoms with Gasteiger partial charge in [0.15, 0.2) is 0 Å². The molecule has 1 aliphatic heterocycles. The van der Waals surface area contributed by atoms with Crippen LogP contribution in [0.4, 0.5) is 0 Å². The smallest absolute Gasteiger partial charge is 0.264 e. The van der Waals surface area contributed by atoms with Crippen LogP contribution in [0.2, 0.25) is 10.0 Å². The van der Waals surface area contributed by atoms with Gasteiger partial charge in [-0.2, -0.15) is 5.26 Å². The van der Waals surface area contributed by atoms with Crippen LogP contribution in [-0.4, -0.2) is 37.1 Å². The van der Waals surface area contributed by atoms with Crippen molar-refractivity contribution in [1.82, 2.24) is 4.90 Å². The molecule has 8 heteroatoms. The van der Waals surface area contributed by atoms with Gasteiger partial charge in [0.25, 0.3) is 5.91 Å². The predicted octanol–water partition coefficient (Wildman–Crippen LogP) is 5.10. The van der Waals surface area contributed by atoms with Crippen LogP contribution in [0.3, 0.4) is 0 Å². The third-order valence-electron chi connectivity index (χ3n) is 4.31. The van der Waals surface area contributed by atoms with E-state index in [0.717, 1.165) is 5.56 Å². The SMILES string of the molecule is N#CC(=Cc1ccc(OCc2ccc(Cl)cc2Cl)c(Br)c1)C(=O)N1CCOCC1. The summed E-state index contributed by atoms with van der Waals surface area (Å²) < 4.78 is 11.8. The number of nitrogens with zero attached hydrogens (tertiary/aromatic N) is 2. The molecule has 29 heavy (non-hydrogen) atoms. The number of nitriles is 1. The molecule has 2 aromatic carbocycles. The molecule has 1 aliphatic rings. The number of benzene rings is 2. The summed E-state index contributed by atoms with van der Waals surface area (Å²) in [4.78, 5) is 14.1. The number of hydrogen-bond acceptors (Lipinski definition) is 4. The van der Waals surface area contributed by atoms with Crippen molar-refractivity contribution in [1.29, 1.82) is 5.26 Å². The van der Waals surface area contributed by atoms with E-state index < -0.39 is 0 Å². The molecule has 0 spiro atoms. The van der Waals surface area contributed by atoms with Gasteiger partial charge in [-0.15, -0.1) is 0 Å². The molecule has 0 bridgehead atoms. The van der Waals surface area contributed by atoms with E-state index in [1.807, 2.05) is 12.1 Å². The predicted molar refractivity (Wildman–Crippen MR) is 116 cm³/mol. The first-order valence-corrected chi connectivity index (χ1v) is 10.4. The molecular formula is C21H17BrCl2N2O3. The maximum absolute atomic E-state index is 12.5. The zero-order chi connectivity index (χ0) is 20.8. The molecule has 1 heterocycles. The third kappa shape index (κ3) is 5.74. The Morgan fingerprint density at radius 1 is 1.24 bits per heavy atom. The number of halogens is 3. The highest BCUT2D eigenvalue weighted by atomic mass is 79.9. The van der Waals surface area contributed by atoms with Gasteiger partial charge in [0, 0.05) is 28.7 Å². The van der Waals surface area contributed by atoms with E-state index in [1.54, 1.807) is 41.3 Å². The fraction of sp³-hybridized carbons (Fsp3) is 0.238. The lowest BCUT2D eigenvalue weighted by molar-refractivity contribution is -0.130. The summed E-state index contributed by atoms with van der Waals surface area (Å²) in [5, 5.41) is 10.5. The van der Waals surface area contributed by atoms with E-state index >= 15 is 0 Å². The zero-order valence-corrected chi connectivity index (χ0v) is 18.4. The van der Waals surface area contributed by atoms with Crippen LogP contribution in [-0.2, 0) is 16.1 Å². The van der Waals surface area contributed by atoms with Crippen LogP contribution < -0.4 is 4.74 Å². The van der Waals surface area contributed by atoms with Crippen molar-refractivity contribution in [3.05, 3.63) is 67.6 Å². The molecule has 2 aromatic rings. The van der Waals surface area contributed by atoms with E-state index in [4.69, 9.17) is 32.7 Å². The lowest BCUT2D eigenvalue weighted by Gasteiger charge is -2.26. The number of ether oxygens (including phenoxy) is 2. The average Bonchev–Trinajstić information content (AvgIpc) is 2.72. The summed E-state index contributed by atoms with van der Waals surface area (Å²) in [5.74, 6) is 0.329. The van der Waals surface area contributed by atoms with E-state index in [-0.39, 0.29) is 18.1 Å². The second kappa shape index (κ2) is 10.1. The molecule has 3 rings (SSSR count). The summed E-state index contributed by atoms with van der Waals surface area (Å²) in [6.07, 6.45) is 1.57. The Kier molecular flexibility index (Phi) is 7.57. The van der Waals surface area contributed by atoms with E-state index in [9.17, 15) is 10.1 Å². The van der Waals surface area contributed by atoms with Crippen LogP contribution in [0.15, 0.2) is 46.4 Å². The zero-order valence-electron chi connectivity index (χ0n) is 15.3. The van der Waals surface area contributed by atoms with Gasteiger partial charge >= 0.3 is 0 Å². The van der Waals surface area contributed by atoms with Crippen molar-refractivity contribution in [3.8, 4) is 11.8 Å². The van der Waals surface area contributed by atoms with Gasteiger partial charge < -0.3 is 14.4 Å². The highest BCUT2D eigenvalue weighted by Crippen LogP contribution is 2.29. The van der Waals surface area contributed by atoms with E-state index in [2.05, 4.69) is 15.9 Å². The van der Waals surface area contributed by atoms with Crippen LogP contribution in [0.25, 0.3) is 6.08 Å². The molecule has 0 saturated carbocycles. The van der Waals surface area contributed by atoms with Crippen molar-refractivity contribution < 1.29 is 14.3 Å². The second-order valence-electron chi connectivity index (χ2n) is 6.29. The maximum atomic E-state index is 12.5. The first-order chi connectivity index (χ1) is 14.0. The summed E-state index contributed by atoms with van der Waals surface area (Å²) in [6.45, 7) is 2.23. The minimum Gasteiger partial charge on any atom is -0.488 e. The Labute approximate surface area is 187 Å². The normalized spacial score (nSPS) is 14.4. The van der Waals surface area contributed by atoms with Gasteiger partial charge in [-0.05, 0) is 51.8 Å². The van der Waals surface area contributed by atoms with Gasteiger partial charge in [0.05, 0.1) is 17.7 Å². The Bertz CT molecular complexity index is 982. The molecule has 5 nitrogen and oxygen atoms in total. The molecule has 150 valence electrons. The van der Waals surface area contributed by atoms with Gasteiger partial charge in [-0.1, -0.05) is 35.3 Å². The van der Waals surface area contributed by atoms with Crippen molar-refractivity contribution >= 4 is 51.1 Å². The fourth-order valence-electron chi connectivity index (χ4n) is 2.76.